The number of alkyl carbamates (subject to hydrolysis) is 1. The summed E-state index contributed by atoms with van der Waals surface area (Å²) < 4.78 is 5.14. The molecule has 0 bridgehead atoms. The molecule has 1 rings (SSSR count). The van der Waals surface area contributed by atoms with Gasteiger partial charge in [0, 0.05) is 6.54 Å². The molecule has 0 radical (unpaired) electrons. The molecule has 1 atom stereocenters. The SMILES string of the molecule is C=Cc1cccc(C(C(=O)NCCCC)N(CC#N)C(=O)CNC(=O)OC(C)(C)C)c1. The third-order valence-corrected chi connectivity index (χ3v) is 4.20. The van der Waals surface area contributed by atoms with E-state index in [1.807, 2.05) is 19.1 Å². The van der Waals surface area contributed by atoms with Gasteiger partial charge in [0.2, 0.25) is 11.8 Å². The second-order valence-electron chi connectivity index (χ2n) is 7.96. The first-order valence-corrected chi connectivity index (χ1v) is 10.3. The van der Waals surface area contributed by atoms with Crippen LogP contribution in [0.3, 0.4) is 0 Å². The van der Waals surface area contributed by atoms with E-state index in [4.69, 9.17) is 4.74 Å². The Labute approximate surface area is 184 Å². The van der Waals surface area contributed by atoms with E-state index in [2.05, 4.69) is 17.2 Å². The monoisotopic (exact) mass is 428 g/mol. The van der Waals surface area contributed by atoms with Gasteiger partial charge in [0.1, 0.15) is 24.7 Å². The molecule has 3 amide bonds. The van der Waals surface area contributed by atoms with E-state index >= 15 is 0 Å². The van der Waals surface area contributed by atoms with Gasteiger partial charge in [-0.3, -0.25) is 9.59 Å². The zero-order chi connectivity index (χ0) is 23.4. The lowest BCUT2D eigenvalue weighted by atomic mass is 10.0. The second kappa shape index (κ2) is 12.4. The van der Waals surface area contributed by atoms with E-state index in [1.54, 1.807) is 45.0 Å². The fourth-order valence-electron chi connectivity index (χ4n) is 2.78. The van der Waals surface area contributed by atoms with Crippen LogP contribution in [0, 0.1) is 11.3 Å². The smallest absolute Gasteiger partial charge is 0.408 e. The highest BCUT2D eigenvalue weighted by molar-refractivity contribution is 5.90. The molecule has 0 saturated heterocycles. The molecule has 0 spiro atoms. The molecule has 0 aliphatic heterocycles. The minimum Gasteiger partial charge on any atom is -0.444 e. The van der Waals surface area contributed by atoms with Crippen LogP contribution in [0.4, 0.5) is 4.79 Å². The summed E-state index contributed by atoms with van der Waals surface area (Å²) in [6.07, 6.45) is 2.57. The van der Waals surface area contributed by atoms with Gasteiger partial charge in [-0.2, -0.15) is 5.26 Å². The molecular formula is C23H32N4O4. The van der Waals surface area contributed by atoms with Gasteiger partial charge >= 0.3 is 6.09 Å². The topological polar surface area (TPSA) is 112 Å². The highest BCUT2D eigenvalue weighted by atomic mass is 16.6. The van der Waals surface area contributed by atoms with Crippen LogP contribution >= 0.6 is 0 Å². The Morgan fingerprint density at radius 3 is 2.58 bits per heavy atom. The minimum atomic E-state index is -1.02. The predicted molar refractivity (Wildman–Crippen MR) is 119 cm³/mol. The maximum Gasteiger partial charge on any atom is 0.408 e. The van der Waals surface area contributed by atoms with Crippen molar-refractivity contribution >= 4 is 24.0 Å². The summed E-state index contributed by atoms with van der Waals surface area (Å²) >= 11 is 0. The van der Waals surface area contributed by atoms with Gasteiger partial charge in [-0.15, -0.1) is 0 Å². The molecule has 0 aliphatic carbocycles. The Kier molecular flexibility index (Phi) is 10.3. The number of carbonyl (C=O) groups is 3. The minimum absolute atomic E-state index is 0.320. The molecule has 31 heavy (non-hydrogen) atoms. The van der Waals surface area contributed by atoms with Gasteiger partial charge in [0.15, 0.2) is 0 Å². The van der Waals surface area contributed by atoms with Crippen molar-refractivity contribution in [2.24, 2.45) is 0 Å². The van der Waals surface area contributed by atoms with Gasteiger partial charge in [0.25, 0.3) is 0 Å². The summed E-state index contributed by atoms with van der Waals surface area (Å²) in [6, 6.07) is 7.96. The molecule has 0 saturated carbocycles. The fourth-order valence-corrected chi connectivity index (χ4v) is 2.78. The van der Waals surface area contributed by atoms with Gasteiger partial charge in [-0.1, -0.05) is 44.2 Å². The Morgan fingerprint density at radius 2 is 2.00 bits per heavy atom. The average Bonchev–Trinajstić information content (AvgIpc) is 2.70. The lowest BCUT2D eigenvalue weighted by molar-refractivity contribution is -0.139. The van der Waals surface area contributed by atoms with Crippen molar-refractivity contribution in [1.82, 2.24) is 15.5 Å². The Morgan fingerprint density at radius 1 is 1.29 bits per heavy atom. The summed E-state index contributed by atoms with van der Waals surface area (Å²) in [7, 11) is 0. The largest absolute Gasteiger partial charge is 0.444 e. The van der Waals surface area contributed by atoms with Gasteiger partial charge in [-0.25, -0.2) is 4.79 Å². The van der Waals surface area contributed by atoms with Crippen LogP contribution in [0.1, 0.15) is 57.7 Å². The highest BCUT2D eigenvalue weighted by Crippen LogP contribution is 2.23. The first-order chi connectivity index (χ1) is 14.6. The van der Waals surface area contributed by atoms with E-state index in [1.165, 1.54) is 0 Å². The van der Waals surface area contributed by atoms with Crippen LogP contribution in [0.2, 0.25) is 0 Å². The number of amides is 3. The van der Waals surface area contributed by atoms with Crippen LogP contribution in [-0.4, -0.2) is 48.0 Å². The molecule has 1 unspecified atom stereocenters. The molecule has 1 aromatic rings. The summed E-state index contributed by atoms with van der Waals surface area (Å²) in [6.45, 7) is 10.6. The number of hydrogen-bond donors (Lipinski definition) is 2. The number of hydrogen-bond acceptors (Lipinski definition) is 5. The van der Waals surface area contributed by atoms with Crippen molar-refractivity contribution in [3.05, 3.63) is 42.0 Å². The summed E-state index contributed by atoms with van der Waals surface area (Å²) in [5.41, 5.74) is 0.610. The second-order valence-corrected chi connectivity index (χ2v) is 7.96. The van der Waals surface area contributed by atoms with Gasteiger partial charge in [0.05, 0.1) is 6.07 Å². The van der Waals surface area contributed by atoms with E-state index in [9.17, 15) is 19.6 Å². The van der Waals surface area contributed by atoms with Gasteiger partial charge < -0.3 is 20.3 Å². The number of carbonyl (C=O) groups excluding carboxylic acids is 3. The summed E-state index contributed by atoms with van der Waals surface area (Å²) in [4.78, 5) is 39.0. The molecule has 2 N–H and O–H groups in total. The van der Waals surface area contributed by atoms with Crippen LogP contribution in [0.25, 0.3) is 6.08 Å². The van der Waals surface area contributed by atoms with Crippen molar-refractivity contribution in [2.45, 2.75) is 52.2 Å². The molecule has 0 heterocycles. The molecule has 8 heteroatoms. The average molecular weight is 429 g/mol. The molecule has 168 valence electrons. The quantitative estimate of drug-likeness (QED) is 0.439. The normalized spacial score (nSPS) is 11.6. The molecular weight excluding hydrogens is 396 g/mol. The fraction of sp³-hybridized carbons (Fsp3) is 0.478. The zero-order valence-corrected chi connectivity index (χ0v) is 18.7. The first kappa shape index (κ1) is 25.7. The van der Waals surface area contributed by atoms with Crippen molar-refractivity contribution in [3.63, 3.8) is 0 Å². The molecule has 1 aromatic carbocycles. The molecule has 0 aromatic heterocycles. The standard InChI is InChI=1S/C23H32N4O4/c1-6-8-13-25-21(29)20(18-11-9-10-17(7-2)15-18)27(14-12-24)19(28)16-26-22(30)31-23(3,4)5/h7,9-11,15,20H,2,6,8,13-14,16H2,1,3-5H3,(H,25,29)(H,26,30). The van der Waals surface area contributed by atoms with Crippen molar-refractivity contribution in [3.8, 4) is 6.07 Å². The van der Waals surface area contributed by atoms with E-state index < -0.39 is 36.1 Å². The predicted octanol–water partition coefficient (Wildman–Crippen LogP) is 3.16. The van der Waals surface area contributed by atoms with Gasteiger partial charge in [-0.05, 0) is 44.4 Å². The van der Waals surface area contributed by atoms with Crippen LogP contribution in [0.5, 0.6) is 0 Å². The van der Waals surface area contributed by atoms with Crippen LogP contribution in [0.15, 0.2) is 30.8 Å². The number of nitrogens with one attached hydrogen (secondary N) is 2. The number of unbranched alkanes of at least 4 members (excludes halogenated alkanes) is 1. The Bertz CT molecular complexity index is 824. The first-order valence-electron chi connectivity index (χ1n) is 10.3. The van der Waals surface area contributed by atoms with Crippen molar-refractivity contribution < 1.29 is 19.1 Å². The van der Waals surface area contributed by atoms with E-state index in [-0.39, 0.29) is 6.54 Å². The summed E-state index contributed by atoms with van der Waals surface area (Å²) in [5, 5.41) is 14.5. The summed E-state index contributed by atoms with van der Waals surface area (Å²) in [5.74, 6) is -0.970. The molecule has 0 fully saturated rings. The van der Waals surface area contributed by atoms with E-state index in [0.29, 0.717) is 12.1 Å². The zero-order valence-electron chi connectivity index (χ0n) is 18.7. The molecule has 0 aliphatic rings. The number of nitrogens with zero attached hydrogens (tertiary/aromatic N) is 2. The van der Waals surface area contributed by atoms with Crippen LogP contribution < -0.4 is 10.6 Å². The number of benzene rings is 1. The highest BCUT2D eigenvalue weighted by Gasteiger charge is 2.31. The number of nitriles is 1. The molecule has 8 nitrogen and oxygen atoms in total. The van der Waals surface area contributed by atoms with Crippen LogP contribution in [-0.2, 0) is 14.3 Å². The third-order valence-electron chi connectivity index (χ3n) is 4.20. The maximum absolute atomic E-state index is 13.0. The van der Waals surface area contributed by atoms with Crippen molar-refractivity contribution in [1.29, 1.82) is 5.26 Å². The maximum atomic E-state index is 13.0. The lowest BCUT2D eigenvalue weighted by Crippen LogP contribution is -2.48. The Balaban J connectivity index is 3.14. The number of rotatable bonds is 10. The van der Waals surface area contributed by atoms with E-state index in [0.717, 1.165) is 23.3 Å². The van der Waals surface area contributed by atoms with Crippen molar-refractivity contribution in [2.75, 3.05) is 19.6 Å². The third kappa shape index (κ3) is 8.91. The number of ether oxygens (including phenoxy) is 1. The lowest BCUT2D eigenvalue weighted by Gasteiger charge is -2.30. The Hall–Kier alpha value is -3.34.